The highest BCUT2D eigenvalue weighted by Crippen LogP contribution is 2.37. The Balaban J connectivity index is 1.63. The van der Waals surface area contributed by atoms with Gasteiger partial charge in [0.05, 0.1) is 29.7 Å². The van der Waals surface area contributed by atoms with E-state index in [2.05, 4.69) is 26.8 Å². The summed E-state index contributed by atoms with van der Waals surface area (Å²) in [5.74, 6) is -2.71. The summed E-state index contributed by atoms with van der Waals surface area (Å²) in [6.45, 7) is 4.43. The van der Waals surface area contributed by atoms with Crippen molar-refractivity contribution in [2.75, 3.05) is 12.8 Å². The van der Waals surface area contributed by atoms with Gasteiger partial charge >= 0.3 is 5.97 Å². The molecule has 1 amide bonds. The molecule has 37 heavy (non-hydrogen) atoms. The molecule has 0 aliphatic rings. The van der Waals surface area contributed by atoms with Crippen molar-refractivity contribution in [3.63, 3.8) is 0 Å². The summed E-state index contributed by atoms with van der Waals surface area (Å²) in [6.07, 6.45) is 4.88. The minimum Gasteiger partial charge on any atom is -0.477 e. The summed E-state index contributed by atoms with van der Waals surface area (Å²) in [4.78, 5) is 34.4. The number of aromatic amines is 2. The van der Waals surface area contributed by atoms with Gasteiger partial charge in [-0.15, -0.1) is 0 Å². The van der Waals surface area contributed by atoms with Crippen LogP contribution in [0.2, 0.25) is 0 Å². The van der Waals surface area contributed by atoms with Gasteiger partial charge in [-0.25, -0.2) is 22.6 Å². The van der Waals surface area contributed by atoms with E-state index < -0.39 is 27.4 Å². The monoisotopic (exact) mass is 524 g/mol. The summed E-state index contributed by atoms with van der Waals surface area (Å²) in [5, 5.41) is 13.2. The molecular weight excluding hydrogens is 499 g/mol. The molecule has 11 heteroatoms. The fourth-order valence-corrected chi connectivity index (χ4v) is 4.98. The summed E-state index contributed by atoms with van der Waals surface area (Å²) < 4.78 is 37.9. The number of fused-ring (bicyclic) bond motifs is 1. The Morgan fingerprint density at radius 3 is 2.65 bits per heavy atom. The third-order valence-electron chi connectivity index (χ3n) is 5.82. The molecule has 0 bridgehead atoms. The van der Waals surface area contributed by atoms with Gasteiger partial charge in [-0.3, -0.25) is 4.79 Å². The molecule has 2 heterocycles. The van der Waals surface area contributed by atoms with Crippen molar-refractivity contribution in [1.82, 2.24) is 20.3 Å². The van der Waals surface area contributed by atoms with Gasteiger partial charge in [-0.2, -0.15) is 0 Å². The number of carboxylic acid groups (broad SMARTS) is 1. The lowest BCUT2D eigenvalue weighted by atomic mass is 9.97. The summed E-state index contributed by atoms with van der Waals surface area (Å²) in [5.41, 5.74) is 2.67. The van der Waals surface area contributed by atoms with Gasteiger partial charge in [-0.05, 0) is 17.2 Å². The summed E-state index contributed by atoms with van der Waals surface area (Å²) in [7, 11) is -3.45. The van der Waals surface area contributed by atoms with Crippen LogP contribution in [0.15, 0.2) is 55.5 Å². The highest BCUT2D eigenvalue weighted by atomic mass is 32.2. The predicted molar refractivity (Wildman–Crippen MR) is 138 cm³/mol. The number of carbonyl (C=O) groups is 2. The molecule has 0 aliphatic carbocycles. The SMILES string of the molecule is C=C(CC(=O)NCCc1c[nH]cn1)c1cccc2c(-c3ccc(CS(C)(=O)=O)c(F)c3)c(C(=O)O)[nH]c12. The second kappa shape index (κ2) is 10.4. The summed E-state index contributed by atoms with van der Waals surface area (Å²) >= 11 is 0. The van der Waals surface area contributed by atoms with Crippen LogP contribution in [0, 0.1) is 5.82 Å². The van der Waals surface area contributed by atoms with Crippen molar-refractivity contribution < 1.29 is 27.5 Å². The fraction of sp³-hybridized carbons (Fsp3) is 0.192. The van der Waals surface area contributed by atoms with Gasteiger partial charge in [0.2, 0.25) is 5.91 Å². The lowest BCUT2D eigenvalue weighted by molar-refractivity contribution is -0.120. The molecule has 0 unspecified atom stereocenters. The molecule has 0 radical (unpaired) electrons. The molecule has 2 aromatic carbocycles. The van der Waals surface area contributed by atoms with Crippen LogP contribution >= 0.6 is 0 Å². The number of nitrogens with zero attached hydrogens (tertiary/aromatic N) is 1. The van der Waals surface area contributed by atoms with E-state index in [1.807, 2.05) is 0 Å². The predicted octanol–water partition coefficient (Wildman–Crippen LogP) is 3.70. The number of nitrogens with one attached hydrogen (secondary N) is 3. The number of imidazole rings is 1. The molecule has 0 saturated heterocycles. The zero-order chi connectivity index (χ0) is 26.7. The van der Waals surface area contributed by atoms with Crippen LogP contribution in [-0.4, -0.2) is 53.2 Å². The van der Waals surface area contributed by atoms with Crippen LogP contribution in [0.5, 0.6) is 0 Å². The first-order valence-corrected chi connectivity index (χ1v) is 13.4. The second-order valence-electron chi connectivity index (χ2n) is 8.73. The lowest BCUT2D eigenvalue weighted by Gasteiger charge is -2.09. The number of halogens is 1. The van der Waals surface area contributed by atoms with Crippen molar-refractivity contribution in [2.24, 2.45) is 0 Å². The van der Waals surface area contributed by atoms with Gasteiger partial charge in [-0.1, -0.05) is 36.9 Å². The first-order valence-electron chi connectivity index (χ1n) is 11.3. The van der Waals surface area contributed by atoms with E-state index in [4.69, 9.17) is 0 Å². The lowest BCUT2D eigenvalue weighted by Crippen LogP contribution is -2.25. The molecule has 4 rings (SSSR count). The molecule has 2 aromatic heterocycles. The van der Waals surface area contributed by atoms with Crippen molar-refractivity contribution in [3.8, 4) is 11.1 Å². The number of amides is 1. The third-order valence-corrected chi connectivity index (χ3v) is 6.66. The molecule has 4 aromatic rings. The molecular formula is C26H25FN4O5S. The maximum Gasteiger partial charge on any atom is 0.352 e. The van der Waals surface area contributed by atoms with Crippen LogP contribution in [-0.2, 0) is 26.8 Å². The smallest absolute Gasteiger partial charge is 0.352 e. The maximum atomic E-state index is 14.8. The van der Waals surface area contributed by atoms with E-state index in [0.717, 1.165) is 18.0 Å². The van der Waals surface area contributed by atoms with E-state index in [0.29, 0.717) is 35.0 Å². The number of benzene rings is 2. The van der Waals surface area contributed by atoms with Crippen LogP contribution < -0.4 is 5.32 Å². The number of rotatable bonds is 10. The topological polar surface area (TPSA) is 145 Å². The Hall–Kier alpha value is -4.25. The van der Waals surface area contributed by atoms with Crippen LogP contribution in [0.3, 0.4) is 0 Å². The van der Waals surface area contributed by atoms with Crippen molar-refractivity contribution in [1.29, 1.82) is 0 Å². The Kier molecular flexibility index (Phi) is 7.25. The first-order chi connectivity index (χ1) is 17.5. The van der Waals surface area contributed by atoms with Gasteiger partial charge < -0.3 is 20.4 Å². The number of sulfone groups is 1. The van der Waals surface area contributed by atoms with E-state index in [-0.39, 0.29) is 34.7 Å². The quantitative estimate of drug-likeness (QED) is 0.249. The standard InChI is InChI=1S/C26H25FN4O5S/c1-15(10-22(32)29-9-8-18-12-28-14-30-18)19-4-3-5-20-23(25(26(33)34)31-24(19)20)16-6-7-17(21(27)11-16)13-37(2,35)36/h3-7,11-12,14,31H,1,8-10,13H2,2H3,(H,28,30)(H,29,32)(H,33,34). The zero-order valence-corrected chi connectivity index (χ0v) is 20.8. The van der Waals surface area contributed by atoms with E-state index in [1.54, 1.807) is 30.7 Å². The Morgan fingerprint density at radius 2 is 2.00 bits per heavy atom. The molecule has 4 N–H and O–H groups in total. The number of aromatic nitrogens is 3. The largest absolute Gasteiger partial charge is 0.477 e. The van der Waals surface area contributed by atoms with Crippen LogP contribution in [0.1, 0.15) is 33.7 Å². The molecule has 9 nitrogen and oxygen atoms in total. The van der Waals surface area contributed by atoms with Gasteiger partial charge in [0, 0.05) is 47.5 Å². The average Bonchev–Trinajstić information content (AvgIpc) is 3.47. The molecule has 192 valence electrons. The number of carboxylic acids is 1. The number of carbonyl (C=O) groups excluding carboxylic acids is 1. The Bertz CT molecular complexity index is 1610. The maximum absolute atomic E-state index is 14.8. The first kappa shape index (κ1) is 25.8. The van der Waals surface area contributed by atoms with Crippen molar-refractivity contribution in [3.05, 3.63) is 83.8 Å². The van der Waals surface area contributed by atoms with Gasteiger partial charge in [0.15, 0.2) is 9.84 Å². The summed E-state index contributed by atoms with van der Waals surface area (Å²) in [6, 6.07) is 9.08. The van der Waals surface area contributed by atoms with Crippen LogP contribution in [0.25, 0.3) is 27.6 Å². The Labute approximate surface area is 212 Å². The van der Waals surface area contributed by atoms with Crippen LogP contribution in [0.4, 0.5) is 4.39 Å². The normalized spacial score (nSPS) is 11.5. The molecule has 0 aliphatic heterocycles. The van der Waals surface area contributed by atoms with Gasteiger partial charge in [0.1, 0.15) is 11.5 Å². The number of para-hydroxylation sites is 1. The van der Waals surface area contributed by atoms with Crippen molar-refractivity contribution in [2.45, 2.75) is 18.6 Å². The van der Waals surface area contributed by atoms with E-state index >= 15 is 0 Å². The third kappa shape index (κ3) is 5.95. The number of aromatic carboxylic acids is 1. The van der Waals surface area contributed by atoms with E-state index in [1.165, 1.54) is 12.1 Å². The second-order valence-corrected chi connectivity index (χ2v) is 10.9. The average molecular weight is 525 g/mol. The van der Waals surface area contributed by atoms with Gasteiger partial charge in [0.25, 0.3) is 0 Å². The number of H-pyrrole nitrogens is 2. The molecule has 0 spiro atoms. The zero-order valence-electron chi connectivity index (χ0n) is 20.0. The molecule has 0 atom stereocenters. The minimum absolute atomic E-state index is 0.00432. The highest BCUT2D eigenvalue weighted by Gasteiger charge is 2.22. The van der Waals surface area contributed by atoms with E-state index in [9.17, 15) is 27.5 Å². The minimum atomic E-state index is -3.45. The fourth-order valence-electron chi connectivity index (χ4n) is 4.18. The van der Waals surface area contributed by atoms with Crippen molar-refractivity contribution >= 4 is 38.2 Å². The molecule has 0 saturated carbocycles. The molecule has 0 fully saturated rings. The number of hydrogen-bond acceptors (Lipinski definition) is 5. The number of hydrogen-bond donors (Lipinski definition) is 4. The highest BCUT2D eigenvalue weighted by molar-refractivity contribution is 7.89. The Morgan fingerprint density at radius 1 is 1.22 bits per heavy atom.